The topological polar surface area (TPSA) is 58.6 Å². The number of hydrogen-bond donors (Lipinski definition) is 1. The van der Waals surface area contributed by atoms with E-state index >= 15 is 0 Å². The van der Waals surface area contributed by atoms with Crippen molar-refractivity contribution in [3.8, 4) is 5.75 Å². The Morgan fingerprint density at radius 1 is 1.15 bits per heavy atom. The van der Waals surface area contributed by atoms with Crippen LogP contribution in [0.5, 0.6) is 5.75 Å². The monoisotopic (exact) mass is 378 g/mol. The summed E-state index contributed by atoms with van der Waals surface area (Å²) in [5.74, 6) is 0.379. The lowest BCUT2D eigenvalue weighted by Gasteiger charge is -2.32. The van der Waals surface area contributed by atoms with Crippen molar-refractivity contribution >= 4 is 10.0 Å². The standard InChI is InChI=1S/C19H23FN2O3S/c1-25-19-8-7-16(20)13-15(19)14-22-11-9-17(10-12-22)21-26(23,24)18-5-3-2-4-6-18/h2-8,13,17,21H,9-12,14H2,1H3. The molecule has 0 aliphatic carbocycles. The average Bonchev–Trinajstić information content (AvgIpc) is 2.64. The van der Waals surface area contributed by atoms with Gasteiger partial charge < -0.3 is 4.74 Å². The van der Waals surface area contributed by atoms with Gasteiger partial charge in [0.05, 0.1) is 12.0 Å². The maximum atomic E-state index is 13.5. The minimum atomic E-state index is -3.49. The number of sulfonamides is 1. The quantitative estimate of drug-likeness (QED) is 0.840. The predicted octanol–water partition coefficient (Wildman–Crippen LogP) is 2.78. The zero-order valence-electron chi connectivity index (χ0n) is 14.7. The lowest BCUT2D eigenvalue weighted by molar-refractivity contribution is 0.197. The zero-order chi connectivity index (χ0) is 18.6. The Morgan fingerprint density at radius 3 is 2.50 bits per heavy atom. The van der Waals surface area contributed by atoms with Gasteiger partial charge in [0.25, 0.3) is 0 Å². The van der Waals surface area contributed by atoms with Gasteiger partial charge in [0.2, 0.25) is 10.0 Å². The lowest BCUT2D eigenvalue weighted by Crippen LogP contribution is -2.44. The van der Waals surface area contributed by atoms with Gasteiger partial charge in [0.15, 0.2) is 0 Å². The van der Waals surface area contributed by atoms with Crippen LogP contribution >= 0.6 is 0 Å². The number of nitrogens with one attached hydrogen (secondary N) is 1. The van der Waals surface area contributed by atoms with Crippen LogP contribution in [0.15, 0.2) is 53.4 Å². The van der Waals surface area contributed by atoms with E-state index in [1.807, 2.05) is 0 Å². The second-order valence-corrected chi connectivity index (χ2v) is 8.15. The Balaban J connectivity index is 1.57. The molecule has 0 amide bonds. The summed E-state index contributed by atoms with van der Waals surface area (Å²) in [6.45, 7) is 2.06. The molecule has 1 heterocycles. The van der Waals surface area contributed by atoms with E-state index in [0.717, 1.165) is 18.7 Å². The molecule has 0 unspecified atom stereocenters. The van der Waals surface area contributed by atoms with Crippen LogP contribution in [0.2, 0.25) is 0 Å². The van der Waals surface area contributed by atoms with Crippen LogP contribution in [0, 0.1) is 5.82 Å². The van der Waals surface area contributed by atoms with E-state index in [-0.39, 0.29) is 16.8 Å². The Hall–Kier alpha value is -1.96. The molecule has 0 saturated carbocycles. The molecule has 1 fully saturated rings. The summed E-state index contributed by atoms with van der Waals surface area (Å²) >= 11 is 0. The molecule has 1 aliphatic rings. The molecule has 26 heavy (non-hydrogen) atoms. The van der Waals surface area contributed by atoms with Crippen molar-refractivity contribution in [2.45, 2.75) is 30.3 Å². The van der Waals surface area contributed by atoms with E-state index in [1.54, 1.807) is 43.5 Å². The second-order valence-electron chi connectivity index (χ2n) is 6.44. The van der Waals surface area contributed by atoms with Gasteiger partial charge in [-0.05, 0) is 43.2 Å². The van der Waals surface area contributed by atoms with Gasteiger partial charge >= 0.3 is 0 Å². The fourth-order valence-electron chi connectivity index (χ4n) is 3.21. The van der Waals surface area contributed by atoms with Gasteiger partial charge in [0.1, 0.15) is 11.6 Å². The van der Waals surface area contributed by atoms with Crippen LogP contribution in [0.3, 0.4) is 0 Å². The van der Waals surface area contributed by atoms with E-state index in [0.29, 0.717) is 25.1 Å². The van der Waals surface area contributed by atoms with Crippen molar-refractivity contribution in [1.82, 2.24) is 9.62 Å². The molecule has 140 valence electrons. The molecular weight excluding hydrogens is 355 g/mol. The Morgan fingerprint density at radius 2 is 1.85 bits per heavy atom. The van der Waals surface area contributed by atoms with Gasteiger partial charge in [0, 0.05) is 31.2 Å². The predicted molar refractivity (Wildman–Crippen MR) is 98.0 cm³/mol. The normalized spacial score (nSPS) is 16.5. The van der Waals surface area contributed by atoms with E-state index < -0.39 is 10.0 Å². The van der Waals surface area contributed by atoms with Gasteiger partial charge in [-0.15, -0.1) is 0 Å². The Kier molecular flexibility index (Phi) is 5.90. The molecule has 0 spiro atoms. The maximum Gasteiger partial charge on any atom is 0.240 e. The van der Waals surface area contributed by atoms with Gasteiger partial charge in [-0.3, -0.25) is 4.90 Å². The molecule has 0 atom stereocenters. The Bertz CT molecular complexity index is 835. The van der Waals surface area contributed by atoms with Crippen LogP contribution in [0.4, 0.5) is 4.39 Å². The summed E-state index contributed by atoms with van der Waals surface area (Å²) in [5, 5.41) is 0. The first kappa shape index (κ1) is 18.8. The summed E-state index contributed by atoms with van der Waals surface area (Å²) in [5.41, 5.74) is 0.802. The minimum Gasteiger partial charge on any atom is -0.496 e. The minimum absolute atomic E-state index is 0.0918. The SMILES string of the molecule is COc1ccc(F)cc1CN1CCC(NS(=O)(=O)c2ccccc2)CC1. The highest BCUT2D eigenvalue weighted by molar-refractivity contribution is 7.89. The number of halogens is 1. The summed E-state index contributed by atoms with van der Waals surface area (Å²) < 4.78 is 46.4. The molecule has 1 saturated heterocycles. The molecule has 0 aromatic heterocycles. The van der Waals surface area contributed by atoms with Gasteiger partial charge in [-0.25, -0.2) is 17.5 Å². The van der Waals surface area contributed by atoms with Crippen LogP contribution < -0.4 is 9.46 Å². The van der Waals surface area contributed by atoms with Crippen molar-refractivity contribution < 1.29 is 17.5 Å². The van der Waals surface area contributed by atoms with Crippen molar-refractivity contribution in [2.24, 2.45) is 0 Å². The first-order valence-electron chi connectivity index (χ1n) is 8.60. The van der Waals surface area contributed by atoms with E-state index in [4.69, 9.17) is 4.74 Å². The largest absolute Gasteiger partial charge is 0.496 e. The summed E-state index contributed by atoms with van der Waals surface area (Å²) in [7, 11) is -1.92. The third-order valence-corrected chi connectivity index (χ3v) is 6.14. The molecule has 2 aromatic rings. The van der Waals surface area contributed by atoms with Crippen molar-refractivity contribution in [3.05, 3.63) is 59.9 Å². The fraction of sp³-hybridized carbons (Fsp3) is 0.368. The highest BCUT2D eigenvalue weighted by atomic mass is 32.2. The first-order chi connectivity index (χ1) is 12.5. The van der Waals surface area contributed by atoms with Gasteiger partial charge in [-0.1, -0.05) is 18.2 Å². The summed E-state index contributed by atoms with van der Waals surface area (Å²) in [4.78, 5) is 2.47. The summed E-state index contributed by atoms with van der Waals surface area (Å²) in [6.07, 6.45) is 1.42. The van der Waals surface area contributed by atoms with Crippen molar-refractivity contribution in [1.29, 1.82) is 0 Å². The summed E-state index contributed by atoms with van der Waals surface area (Å²) in [6, 6.07) is 12.8. The smallest absolute Gasteiger partial charge is 0.240 e. The second kappa shape index (κ2) is 8.16. The number of methoxy groups -OCH3 is 1. The highest BCUT2D eigenvalue weighted by Crippen LogP contribution is 2.23. The maximum absolute atomic E-state index is 13.5. The molecule has 5 nitrogen and oxygen atoms in total. The Labute approximate surface area is 153 Å². The molecule has 0 radical (unpaired) electrons. The van der Waals surface area contributed by atoms with Crippen LogP contribution in [0.1, 0.15) is 18.4 Å². The van der Waals surface area contributed by atoms with E-state index in [1.165, 1.54) is 12.1 Å². The number of nitrogens with zero attached hydrogens (tertiary/aromatic N) is 1. The molecule has 0 bridgehead atoms. The zero-order valence-corrected chi connectivity index (χ0v) is 15.5. The third-order valence-electron chi connectivity index (χ3n) is 4.60. The fourth-order valence-corrected chi connectivity index (χ4v) is 4.53. The molecule has 1 aliphatic heterocycles. The molecule has 2 aromatic carbocycles. The number of piperidine rings is 1. The van der Waals surface area contributed by atoms with E-state index in [2.05, 4.69) is 9.62 Å². The highest BCUT2D eigenvalue weighted by Gasteiger charge is 2.25. The first-order valence-corrected chi connectivity index (χ1v) is 10.1. The van der Waals surface area contributed by atoms with Gasteiger partial charge in [-0.2, -0.15) is 0 Å². The molecule has 7 heteroatoms. The number of hydrogen-bond acceptors (Lipinski definition) is 4. The van der Waals surface area contributed by atoms with Crippen LogP contribution in [0.25, 0.3) is 0 Å². The average molecular weight is 378 g/mol. The van der Waals surface area contributed by atoms with Crippen LogP contribution in [-0.2, 0) is 16.6 Å². The van der Waals surface area contributed by atoms with E-state index in [9.17, 15) is 12.8 Å². The van der Waals surface area contributed by atoms with Crippen molar-refractivity contribution in [2.75, 3.05) is 20.2 Å². The molecule has 1 N–H and O–H groups in total. The number of rotatable bonds is 6. The van der Waals surface area contributed by atoms with Crippen LogP contribution in [-0.4, -0.2) is 39.6 Å². The van der Waals surface area contributed by atoms with Crippen molar-refractivity contribution in [3.63, 3.8) is 0 Å². The molecule has 3 rings (SSSR count). The lowest BCUT2D eigenvalue weighted by atomic mass is 10.0. The number of benzene rings is 2. The number of likely N-dealkylation sites (tertiary alicyclic amines) is 1. The number of ether oxygens (including phenoxy) is 1. The third kappa shape index (κ3) is 4.60. The molecular formula is C19H23FN2O3S.